The lowest BCUT2D eigenvalue weighted by atomic mass is 9.80. The van der Waals surface area contributed by atoms with Crippen LogP contribution >= 0.6 is 0 Å². The maximum atomic E-state index is 13.4. The van der Waals surface area contributed by atoms with Gasteiger partial charge in [-0.05, 0) is 47.9 Å². The number of hydrogen-bond acceptors (Lipinski definition) is 4. The van der Waals surface area contributed by atoms with Crippen LogP contribution < -0.4 is 5.32 Å². The van der Waals surface area contributed by atoms with E-state index in [1.807, 2.05) is 38.1 Å². The highest BCUT2D eigenvalue weighted by Gasteiger charge is 2.44. The summed E-state index contributed by atoms with van der Waals surface area (Å²) in [7, 11) is 0. The van der Waals surface area contributed by atoms with Crippen LogP contribution in [0.2, 0.25) is 0 Å². The fourth-order valence-electron chi connectivity index (χ4n) is 4.97. The summed E-state index contributed by atoms with van der Waals surface area (Å²) in [5.74, 6) is -1.27. The number of carbonyl (C=O) groups excluding carboxylic acids is 2. The van der Waals surface area contributed by atoms with Crippen LogP contribution in [0.3, 0.4) is 0 Å². The van der Waals surface area contributed by atoms with E-state index >= 15 is 0 Å². The van der Waals surface area contributed by atoms with Crippen molar-refractivity contribution < 1.29 is 24.2 Å². The molecule has 0 saturated heterocycles. The van der Waals surface area contributed by atoms with Gasteiger partial charge in [-0.2, -0.15) is 0 Å². The summed E-state index contributed by atoms with van der Waals surface area (Å²) in [6.07, 6.45) is 2.06. The van der Waals surface area contributed by atoms with E-state index in [1.54, 1.807) is 0 Å². The molecule has 2 aromatic rings. The fourth-order valence-corrected chi connectivity index (χ4v) is 4.97. The van der Waals surface area contributed by atoms with E-state index in [-0.39, 0.29) is 37.6 Å². The van der Waals surface area contributed by atoms with Gasteiger partial charge in [-0.3, -0.25) is 9.59 Å². The molecule has 0 aliphatic heterocycles. The van der Waals surface area contributed by atoms with Gasteiger partial charge in [0, 0.05) is 18.5 Å². The lowest BCUT2D eigenvalue weighted by Crippen LogP contribution is -2.51. The monoisotopic (exact) mass is 464 g/mol. The number of carboxylic acids is 1. The van der Waals surface area contributed by atoms with Crippen LogP contribution in [-0.4, -0.2) is 53.7 Å². The van der Waals surface area contributed by atoms with E-state index in [0.717, 1.165) is 35.1 Å². The molecule has 2 amide bonds. The van der Waals surface area contributed by atoms with Gasteiger partial charge in [-0.15, -0.1) is 0 Å². The Hall–Kier alpha value is -3.35. The van der Waals surface area contributed by atoms with Gasteiger partial charge in [0.15, 0.2) is 0 Å². The van der Waals surface area contributed by atoms with E-state index in [2.05, 4.69) is 29.6 Å². The van der Waals surface area contributed by atoms with E-state index in [1.165, 1.54) is 4.90 Å². The number of rotatable bonds is 10. The van der Waals surface area contributed by atoms with Crippen molar-refractivity contribution in [1.82, 2.24) is 10.2 Å². The molecule has 0 spiro atoms. The van der Waals surface area contributed by atoms with Crippen LogP contribution in [0.1, 0.15) is 56.6 Å². The van der Waals surface area contributed by atoms with Gasteiger partial charge in [-0.1, -0.05) is 62.4 Å². The number of alkyl carbamates (subject to hydrolysis) is 1. The van der Waals surface area contributed by atoms with Crippen LogP contribution in [-0.2, 0) is 14.3 Å². The zero-order valence-electron chi connectivity index (χ0n) is 19.8. The Morgan fingerprint density at radius 2 is 1.56 bits per heavy atom. The molecule has 7 nitrogen and oxygen atoms in total. The topological polar surface area (TPSA) is 95.9 Å². The first-order valence-corrected chi connectivity index (χ1v) is 12.0. The molecule has 0 bridgehead atoms. The number of nitrogens with one attached hydrogen (secondary N) is 1. The average molecular weight is 465 g/mol. The first-order chi connectivity index (χ1) is 16.4. The third-order valence-electron chi connectivity index (χ3n) is 7.28. The lowest BCUT2D eigenvalue weighted by Gasteiger charge is -2.35. The Bertz CT molecular complexity index is 1030. The summed E-state index contributed by atoms with van der Waals surface area (Å²) >= 11 is 0. The van der Waals surface area contributed by atoms with Crippen molar-refractivity contribution in [3.05, 3.63) is 59.7 Å². The summed E-state index contributed by atoms with van der Waals surface area (Å²) in [6, 6.07) is 16.3. The summed E-state index contributed by atoms with van der Waals surface area (Å²) in [6.45, 7) is 3.79. The van der Waals surface area contributed by atoms with Crippen molar-refractivity contribution >= 4 is 18.0 Å². The molecule has 4 rings (SSSR count). The van der Waals surface area contributed by atoms with E-state index in [9.17, 15) is 19.5 Å². The first kappa shape index (κ1) is 23.8. The van der Waals surface area contributed by atoms with Crippen molar-refractivity contribution in [3.63, 3.8) is 0 Å². The molecule has 2 N–H and O–H groups in total. The third-order valence-corrected chi connectivity index (χ3v) is 7.28. The van der Waals surface area contributed by atoms with Gasteiger partial charge < -0.3 is 20.1 Å². The smallest absolute Gasteiger partial charge is 0.407 e. The second-order valence-corrected chi connectivity index (χ2v) is 9.22. The minimum Gasteiger partial charge on any atom is -0.480 e. The minimum absolute atomic E-state index is 0.0180. The molecule has 0 atom stereocenters. The Balaban J connectivity index is 1.41. The van der Waals surface area contributed by atoms with Crippen LogP contribution in [0.5, 0.6) is 0 Å². The van der Waals surface area contributed by atoms with E-state index < -0.39 is 17.5 Å². The molecule has 2 aliphatic carbocycles. The molecule has 0 unspecified atom stereocenters. The van der Waals surface area contributed by atoms with E-state index in [4.69, 9.17) is 4.74 Å². The third kappa shape index (κ3) is 4.65. The van der Waals surface area contributed by atoms with Gasteiger partial charge in [-0.25, -0.2) is 4.79 Å². The highest BCUT2D eigenvalue weighted by atomic mass is 16.5. The second-order valence-electron chi connectivity index (χ2n) is 9.22. The Kier molecular flexibility index (Phi) is 6.91. The van der Waals surface area contributed by atoms with Gasteiger partial charge in [0.05, 0.1) is 5.41 Å². The standard InChI is InChI=1S/C27H32N2O5/c1-3-27(4-2,25(32)29(15-24(30)31)18-13-14-18)17-28-26(33)34-16-23-21-11-7-5-9-19(21)20-10-6-8-12-22(20)23/h5-12,18,23H,3-4,13-17H2,1-2H3,(H,28,33)(H,30,31). The summed E-state index contributed by atoms with van der Waals surface area (Å²) in [5.41, 5.74) is 3.73. The zero-order valence-corrected chi connectivity index (χ0v) is 19.8. The quantitative estimate of drug-likeness (QED) is 0.543. The molecule has 0 radical (unpaired) electrons. The number of benzene rings is 2. The SMILES string of the molecule is CCC(CC)(CNC(=O)OCC1c2ccccc2-c2ccccc21)C(=O)N(CC(=O)O)C1CC1. The second kappa shape index (κ2) is 9.87. The summed E-state index contributed by atoms with van der Waals surface area (Å²) in [4.78, 5) is 38.8. The maximum Gasteiger partial charge on any atom is 0.407 e. The normalized spacial score (nSPS) is 14.8. The molecule has 34 heavy (non-hydrogen) atoms. The number of carboxylic acid groups (broad SMARTS) is 1. The molecule has 1 fully saturated rings. The number of nitrogens with zero attached hydrogens (tertiary/aromatic N) is 1. The number of fused-ring (bicyclic) bond motifs is 3. The van der Waals surface area contributed by atoms with Gasteiger partial charge in [0.25, 0.3) is 0 Å². The molecule has 7 heteroatoms. The molecular formula is C27H32N2O5. The number of hydrogen-bond donors (Lipinski definition) is 2. The van der Waals surface area contributed by atoms with E-state index in [0.29, 0.717) is 12.8 Å². The predicted molar refractivity (Wildman–Crippen MR) is 128 cm³/mol. The number of aliphatic carboxylic acids is 1. The maximum absolute atomic E-state index is 13.4. The molecule has 2 aromatic carbocycles. The van der Waals surface area contributed by atoms with Crippen molar-refractivity contribution in [3.8, 4) is 11.1 Å². The number of carbonyl (C=O) groups is 3. The largest absolute Gasteiger partial charge is 0.480 e. The van der Waals surface area contributed by atoms with Crippen molar-refractivity contribution in [1.29, 1.82) is 0 Å². The lowest BCUT2D eigenvalue weighted by molar-refractivity contribution is -0.150. The number of amides is 2. The number of ether oxygens (including phenoxy) is 1. The van der Waals surface area contributed by atoms with Crippen LogP contribution in [0.25, 0.3) is 11.1 Å². The van der Waals surface area contributed by atoms with Crippen LogP contribution in [0.15, 0.2) is 48.5 Å². The molecule has 0 heterocycles. The molecule has 2 aliphatic rings. The zero-order chi connectivity index (χ0) is 24.3. The summed E-state index contributed by atoms with van der Waals surface area (Å²) in [5, 5.41) is 12.1. The van der Waals surface area contributed by atoms with Gasteiger partial charge in [0.1, 0.15) is 13.2 Å². The Labute approximate surface area is 200 Å². The van der Waals surface area contributed by atoms with Crippen LogP contribution in [0.4, 0.5) is 4.79 Å². The highest BCUT2D eigenvalue weighted by molar-refractivity contribution is 5.87. The van der Waals surface area contributed by atoms with Crippen molar-refractivity contribution in [2.75, 3.05) is 19.7 Å². The predicted octanol–water partition coefficient (Wildman–Crippen LogP) is 4.41. The van der Waals surface area contributed by atoms with Gasteiger partial charge >= 0.3 is 12.1 Å². The van der Waals surface area contributed by atoms with Crippen molar-refractivity contribution in [2.45, 2.75) is 51.5 Å². The molecule has 1 saturated carbocycles. The fraction of sp³-hybridized carbons (Fsp3) is 0.444. The molecule has 0 aromatic heterocycles. The minimum atomic E-state index is -1.02. The Morgan fingerprint density at radius 3 is 2.06 bits per heavy atom. The van der Waals surface area contributed by atoms with Gasteiger partial charge in [0.2, 0.25) is 5.91 Å². The first-order valence-electron chi connectivity index (χ1n) is 12.0. The summed E-state index contributed by atoms with van der Waals surface area (Å²) < 4.78 is 5.62. The molecular weight excluding hydrogens is 432 g/mol. The van der Waals surface area contributed by atoms with Crippen molar-refractivity contribution in [2.24, 2.45) is 5.41 Å². The highest BCUT2D eigenvalue weighted by Crippen LogP contribution is 2.44. The van der Waals surface area contributed by atoms with Crippen LogP contribution in [0, 0.1) is 5.41 Å². The Morgan fingerprint density at radius 1 is 1.00 bits per heavy atom. The molecule has 180 valence electrons. The average Bonchev–Trinajstić information content (AvgIpc) is 3.64.